The van der Waals surface area contributed by atoms with Crippen LogP contribution in [0.25, 0.3) is 0 Å². The zero-order valence-corrected chi connectivity index (χ0v) is 69.0. The summed E-state index contributed by atoms with van der Waals surface area (Å²) in [5.41, 5.74) is 0. The molecule has 1 saturated carbocycles. The fraction of sp³-hybridized carbons (Fsp3) is 0.989. The highest BCUT2D eigenvalue weighted by Crippen LogP contribution is 2.46. The Morgan fingerprint density at radius 1 is 0.333 bits per heavy atom. The summed E-state index contributed by atoms with van der Waals surface area (Å²) in [6.45, 7) is 18.6. The van der Waals surface area contributed by atoms with Crippen molar-refractivity contribution >= 4 is 14.3 Å². The minimum atomic E-state index is -2.08. The largest absolute Gasteiger partial charge is 0.481 e. The van der Waals surface area contributed by atoms with Crippen molar-refractivity contribution in [3.8, 4) is 0 Å². The van der Waals surface area contributed by atoms with Crippen molar-refractivity contribution in [2.75, 3.05) is 7.11 Å². The fourth-order valence-electron chi connectivity index (χ4n) is 16.1. The molecule has 574 valence electrons. The van der Waals surface area contributed by atoms with Crippen LogP contribution in [0.15, 0.2) is 0 Å². The Morgan fingerprint density at radius 3 is 0.771 bits per heavy atom. The van der Waals surface area contributed by atoms with E-state index in [0.717, 1.165) is 43.9 Å². The van der Waals surface area contributed by atoms with E-state index in [4.69, 9.17) is 9.16 Å². The highest BCUT2D eigenvalue weighted by atomic mass is 28.4. The fourth-order valence-corrected chi connectivity index (χ4v) is 17.5. The third-order valence-electron chi connectivity index (χ3n) is 24.3. The second-order valence-corrected chi connectivity index (χ2v) is 39.3. The van der Waals surface area contributed by atoms with Gasteiger partial charge in [0, 0.05) is 7.11 Å². The maximum Gasteiger partial charge on any atom is 0.309 e. The molecule has 0 aliphatic heterocycles. The van der Waals surface area contributed by atoms with Crippen LogP contribution < -0.4 is 0 Å². The molecule has 0 unspecified atom stereocenters. The number of aliphatic carboxylic acids is 1. The molecule has 6 atom stereocenters. The Labute approximate surface area is 607 Å². The second kappa shape index (κ2) is 70.3. The summed E-state index contributed by atoms with van der Waals surface area (Å²) in [6, 6.07) is 0. The van der Waals surface area contributed by atoms with Gasteiger partial charge in [0.1, 0.15) is 0 Å². The third-order valence-corrected chi connectivity index (χ3v) is 28.8. The first-order valence-corrected chi connectivity index (χ1v) is 48.2. The monoisotopic (exact) mass is 1370 g/mol. The average molecular weight is 1370 g/mol. The van der Waals surface area contributed by atoms with Crippen molar-refractivity contribution in [1.82, 2.24) is 0 Å². The number of methoxy groups -OCH3 is 1. The molecule has 96 heavy (non-hydrogen) atoms. The molecular weight excluding hydrogens is 1190 g/mol. The lowest BCUT2D eigenvalue weighted by Gasteiger charge is -2.41. The van der Waals surface area contributed by atoms with E-state index >= 15 is 0 Å². The van der Waals surface area contributed by atoms with Crippen molar-refractivity contribution in [2.24, 2.45) is 23.7 Å². The van der Waals surface area contributed by atoms with Crippen molar-refractivity contribution < 1.29 is 19.1 Å². The molecule has 1 aliphatic carbocycles. The van der Waals surface area contributed by atoms with Gasteiger partial charge in [0.05, 0.1) is 18.1 Å². The number of rotatable bonds is 81. The highest BCUT2D eigenvalue weighted by molar-refractivity contribution is 6.74. The van der Waals surface area contributed by atoms with Crippen LogP contribution in [0.2, 0.25) is 18.1 Å². The Hall–Kier alpha value is -0.393. The average Bonchev–Trinajstić information content (AvgIpc) is 1.05. The van der Waals surface area contributed by atoms with Gasteiger partial charge in [-0.1, -0.05) is 485 Å². The zero-order valence-electron chi connectivity index (χ0n) is 68.0. The first-order valence-electron chi connectivity index (χ1n) is 45.3. The molecule has 0 heterocycles. The Kier molecular flexibility index (Phi) is 68.5. The number of ether oxygens (including phenoxy) is 1. The minimum Gasteiger partial charge on any atom is -0.481 e. The van der Waals surface area contributed by atoms with E-state index in [1.165, 1.54) is 437 Å². The molecule has 0 radical (unpaired) electrons. The number of unbranched alkanes of at least 4 members (excludes halogenated alkanes) is 63. The van der Waals surface area contributed by atoms with E-state index in [-0.39, 0.29) is 17.1 Å². The highest BCUT2D eigenvalue weighted by Gasteiger charge is 2.42. The molecule has 1 rings (SSSR count). The van der Waals surface area contributed by atoms with Crippen LogP contribution in [-0.4, -0.2) is 38.7 Å². The van der Waals surface area contributed by atoms with E-state index in [0.29, 0.717) is 12.0 Å². The molecule has 0 spiro atoms. The Bertz CT molecular complexity index is 1540. The van der Waals surface area contributed by atoms with E-state index in [9.17, 15) is 9.90 Å². The first kappa shape index (κ1) is 93.6. The quantitative estimate of drug-likeness (QED) is 0.0487. The second-order valence-electron chi connectivity index (χ2n) is 34.6. The number of carbonyl (C=O) groups is 1. The van der Waals surface area contributed by atoms with Gasteiger partial charge in [-0.3, -0.25) is 4.79 Å². The predicted molar refractivity (Wildman–Crippen MR) is 433 cm³/mol. The van der Waals surface area contributed by atoms with Gasteiger partial charge >= 0.3 is 5.97 Å². The number of hydrogen-bond donors (Lipinski definition) is 1. The lowest BCUT2D eigenvalue weighted by Crippen LogP contribution is -2.47. The molecule has 1 N–H and O–H groups in total. The van der Waals surface area contributed by atoms with E-state index in [1.54, 1.807) is 6.42 Å². The normalized spacial score (nSPS) is 15.6. The third kappa shape index (κ3) is 61.1. The predicted octanol–water partition coefficient (Wildman–Crippen LogP) is 32.9. The van der Waals surface area contributed by atoms with Crippen LogP contribution in [0.3, 0.4) is 0 Å². The molecule has 0 amide bonds. The van der Waals surface area contributed by atoms with Crippen LogP contribution >= 0.6 is 0 Å². The van der Waals surface area contributed by atoms with Crippen LogP contribution in [0.4, 0.5) is 0 Å². The number of hydrogen-bond acceptors (Lipinski definition) is 3. The zero-order chi connectivity index (χ0) is 69.8. The number of carboxylic acid groups (broad SMARTS) is 1. The van der Waals surface area contributed by atoms with Gasteiger partial charge < -0.3 is 14.3 Å². The maximum atomic E-state index is 12.8. The summed E-state index contributed by atoms with van der Waals surface area (Å²) < 4.78 is 13.0. The maximum absolute atomic E-state index is 12.8. The van der Waals surface area contributed by atoms with E-state index < -0.39 is 14.3 Å². The van der Waals surface area contributed by atoms with Crippen molar-refractivity contribution in [3.63, 3.8) is 0 Å². The molecule has 0 saturated heterocycles. The van der Waals surface area contributed by atoms with Gasteiger partial charge in [0.15, 0.2) is 8.32 Å². The molecule has 0 aromatic rings. The van der Waals surface area contributed by atoms with Gasteiger partial charge in [-0.05, 0) is 68.0 Å². The molecular formula is C91H182O4Si. The summed E-state index contributed by atoms with van der Waals surface area (Å²) >= 11 is 0. The van der Waals surface area contributed by atoms with E-state index in [2.05, 4.69) is 54.6 Å². The molecule has 1 aliphatic rings. The lowest BCUT2D eigenvalue weighted by atomic mass is 9.91. The smallest absolute Gasteiger partial charge is 0.309 e. The van der Waals surface area contributed by atoms with E-state index in [1.807, 2.05) is 7.11 Å². The van der Waals surface area contributed by atoms with Crippen LogP contribution in [0.1, 0.15) is 517 Å². The van der Waals surface area contributed by atoms with Gasteiger partial charge in [-0.15, -0.1) is 0 Å². The molecule has 0 aromatic carbocycles. The molecule has 5 heteroatoms. The standard InChI is InChI=1S/C91H182O4Si/c1-10-12-14-16-18-20-22-24-26-28-29-30-31-32-33-37-44-50-56-62-68-74-80-87(90(92)93)89(95-96(8,9)91(4,5)6)82-76-70-64-58-52-46-38-34-36-42-48-54-60-66-72-78-85-83-86(85)79-73-67-61-55-49-43-39-40-45-51-57-63-69-75-81-88(94-7)84(3)77-71-65-59-53-47-41-35-27-25-23-21-19-17-15-13-11-2/h84-89H,10-83H2,1-9H3,(H,92,93)/t84-,85+,86-,87+,88-,89+/m0/s1. The first-order chi connectivity index (χ1) is 46.9. The minimum absolute atomic E-state index is 0.0848. The van der Waals surface area contributed by atoms with Crippen LogP contribution in [0.5, 0.6) is 0 Å². The summed E-state index contributed by atoms with van der Waals surface area (Å²) in [7, 11) is -0.116. The van der Waals surface area contributed by atoms with Crippen molar-refractivity contribution in [1.29, 1.82) is 0 Å². The molecule has 0 bridgehead atoms. The summed E-state index contributed by atoms with van der Waals surface area (Å²) in [5.74, 6) is 1.89. The molecule has 1 fully saturated rings. The molecule has 4 nitrogen and oxygen atoms in total. The Balaban J connectivity index is 1.92. The summed E-state index contributed by atoms with van der Waals surface area (Å²) in [4.78, 5) is 12.8. The van der Waals surface area contributed by atoms with Crippen LogP contribution in [0, 0.1) is 23.7 Å². The Morgan fingerprint density at radius 2 is 0.542 bits per heavy atom. The summed E-state index contributed by atoms with van der Waals surface area (Å²) in [5, 5.41) is 10.6. The number of carboxylic acids is 1. The van der Waals surface area contributed by atoms with Crippen molar-refractivity contribution in [3.05, 3.63) is 0 Å². The molecule has 0 aromatic heterocycles. The lowest BCUT2D eigenvalue weighted by molar-refractivity contribution is -0.145. The van der Waals surface area contributed by atoms with Gasteiger partial charge in [0.25, 0.3) is 0 Å². The van der Waals surface area contributed by atoms with Gasteiger partial charge in [0.2, 0.25) is 0 Å². The van der Waals surface area contributed by atoms with Gasteiger partial charge in [-0.2, -0.15) is 0 Å². The van der Waals surface area contributed by atoms with Gasteiger partial charge in [-0.25, -0.2) is 0 Å². The van der Waals surface area contributed by atoms with Crippen LogP contribution in [-0.2, 0) is 14.0 Å². The van der Waals surface area contributed by atoms with Crippen molar-refractivity contribution in [2.45, 2.75) is 547 Å². The topological polar surface area (TPSA) is 55.8 Å². The SMILES string of the molecule is CCCCCCCCCCCCCCCCCCCCCCCC[C@@H](C(=O)O)[C@@H](CCCCCCCCCCCCCCCCC[C@@H]1C[C@@H]1CCCCCCCCCCCCCCCC[C@H](OC)[C@@H](C)CCCCCCCCCCCCCCCCCC)O[Si](C)(C)C(C)(C)C. The summed E-state index contributed by atoms with van der Waals surface area (Å²) in [6.07, 6.45) is 104.